The second-order valence-corrected chi connectivity index (χ2v) is 14.9. The van der Waals surface area contributed by atoms with E-state index in [0.717, 1.165) is 24.0 Å². The van der Waals surface area contributed by atoms with Crippen molar-refractivity contribution in [3.05, 3.63) is 83.9 Å². The topological polar surface area (TPSA) is 29.5 Å². The van der Waals surface area contributed by atoms with Crippen molar-refractivity contribution >= 4 is 14.2 Å². The maximum atomic E-state index is 13.8. The Kier molecular flexibility index (Phi) is 7.55. The van der Waals surface area contributed by atoms with Crippen molar-refractivity contribution in [1.82, 2.24) is 4.90 Å². The standard InChI is InChI=1S/C27H37NO2Si/c1-27(2,3)31(4,5)30-24-18-12-13-19-25(23-16-10-7-11-17-23)26(29)28(21-24)20-22-14-8-6-9-15-22/h6-17,24-25H,18-21H2,1-5H3/b13-12-/t24-,25+/m1/s1. The van der Waals surface area contributed by atoms with E-state index in [1.807, 2.05) is 41.3 Å². The predicted molar refractivity (Wildman–Crippen MR) is 131 cm³/mol. The molecule has 1 aliphatic rings. The molecule has 0 spiro atoms. The Bertz CT molecular complexity index is 871. The first-order valence-electron chi connectivity index (χ1n) is 11.4. The Morgan fingerprint density at radius 1 is 0.935 bits per heavy atom. The summed E-state index contributed by atoms with van der Waals surface area (Å²) in [6.07, 6.45) is 5.96. The Morgan fingerprint density at radius 2 is 1.52 bits per heavy atom. The third kappa shape index (κ3) is 6.17. The summed E-state index contributed by atoms with van der Waals surface area (Å²) in [7, 11) is -1.94. The van der Waals surface area contributed by atoms with E-state index in [4.69, 9.17) is 4.43 Å². The van der Waals surface area contributed by atoms with E-state index in [1.165, 1.54) is 0 Å². The zero-order valence-corrected chi connectivity index (χ0v) is 20.7. The lowest BCUT2D eigenvalue weighted by molar-refractivity contribution is -0.134. The summed E-state index contributed by atoms with van der Waals surface area (Å²) >= 11 is 0. The fraction of sp³-hybridized carbons (Fsp3) is 0.444. The highest BCUT2D eigenvalue weighted by Crippen LogP contribution is 2.38. The van der Waals surface area contributed by atoms with Crippen LogP contribution in [0.15, 0.2) is 72.8 Å². The van der Waals surface area contributed by atoms with Crippen LogP contribution in [0.3, 0.4) is 0 Å². The summed E-state index contributed by atoms with van der Waals surface area (Å²) in [4.78, 5) is 15.8. The summed E-state index contributed by atoms with van der Waals surface area (Å²) in [6.45, 7) is 12.6. The van der Waals surface area contributed by atoms with Gasteiger partial charge in [0.2, 0.25) is 5.91 Å². The van der Waals surface area contributed by atoms with Gasteiger partial charge in [0.1, 0.15) is 0 Å². The highest BCUT2D eigenvalue weighted by atomic mass is 28.4. The quantitative estimate of drug-likeness (QED) is 0.394. The molecular weight excluding hydrogens is 398 g/mol. The van der Waals surface area contributed by atoms with Gasteiger partial charge in [-0.15, -0.1) is 0 Å². The van der Waals surface area contributed by atoms with Crippen LogP contribution < -0.4 is 0 Å². The molecule has 0 fully saturated rings. The van der Waals surface area contributed by atoms with Crippen LogP contribution in [0.1, 0.15) is 50.7 Å². The molecule has 3 rings (SSSR count). The van der Waals surface area contributed by atoms with Crippen molar-refractivity contribution in [2.45, 2.75) is 70.3 Å². The van der Waals surface area contributed by atoms with Crippen LogP contribution in [-0.4, -0.2) is 31.8 Å². The summed E-state index contributed by atoms with van der Waals surface area (Å²) < 4.78 is 6.79. The number of benzene rings is 2. The molecule has 1 heterocycles. The van der Waals surface area contributed by atoms with Gasteiger partial charge in [0.05, 0.1) is 12.0 Å². The number of amides is 1. The van der Waals surface area contributed by atoms with Gasteiger partial charge in [-0.05, 0) is 42.1 Å². The first kappa shape index (κ1) is 23.5. The number of carbonyl (C=O) groups excluding carboxylic acids is 1. The Labute approximate surface area is 189 Å². The number of allylic oxidation sites excluding steroid dienone is 1. The largest absolute Gasteiger partial charge is 0.412 e. The SMILES string of the molecule is CC(C)(C)[Si](C)(C)O[C@@H]1C/C=C\C[C@@H](c2ccccc2)C(=O)N(Cc2ccccc2)C1. The van der Waals surface area contributed by atoms with E-state index < -0.39 is 8.32 Å². The van der Waals surface area contributed by atoms with Crippen molar-refractivity contribution in [2.75, 3.05) is 6.54 Å². The minimum absolute atomic E-state index is 0.0133. The Balaban J connectivity index is 1.90. The molecule has 0 aromatic heterocycles. The van der Waals surface area contributed by atoms with E-state index in [-0.39, 0.29) is 23.0 Å². The molecular formula is C27H37NO2Si. The van der Waals surface area contributed by atoms with Crippen molar-refractivity contribution in [3.8, 4) is 0 Å². The fourth-order valence-electron chi connectivity index (χ4n) is 3.80. The number of nitrogens with zero attached hydrogens (tertiary/aromatic N) is 1. The third-order valence-electron chi connectivity index (χ3n) is 6.66. The van der Waals surface area contributed by atoms with E-state index >= 15 is 0 Å². The smallest absolute Gasteiger partial charge is 0.230 e. The molecule has 0 saturated carbocycles. The maximum absolute atomic E-state index is 13.8. The summed E-state index contributed by atoms with van der Waals surface area (Å²) in [5, 5.41) is 0.135. The number of hydrogen-bond acceptors (Lipinski definition) is 2. The average Bonchev–Trinajstić information content (AvgIpc) is 2.79. The van der Waals surface area contributed by atoms with Crippen LogP contribution in [-0.2, 0) is 15.8 Å². The van der Waals surface area contributed by atoms with Gasteiger partial charge in [-0.1, -0.05) is 93.6 Å². The molecule has 2 aromatic rings. The zero-order valence-electron chi connectivity index (χ0n) is 19.7. The summed E-state index contributed by atoms with van der Waals surface area (Å²) in [5.41, 5.74) is 2.24. The van der Waals surface area contributed by atoms with Gasteiger partial charge in [-0.2, -0.15) is 0 Å². The van der Waals surface area contributed by atoms with Crippen LogP contribution in [0.2, 0.25) is 18.1 Å². The molecule has 0 saturated heterocycles. The Hall–Kier alpha value is -2.17. The molecule has 0 bridgehead atoms. The van der Waals surface area contributed by atoms with Gasteiger partial charge in [0.15, 0.2) is 8.32 Å². The van der Waals surface area contributed by atoms with Gasteiger partial charge in [-0.3, -0.25) is 4.79 Å². The lowest BCUT2D eigenvalue weighted by atomic mass is 9.94. The van der Waals surface area contributed by atoms with Crippen molar-refractivity contribution in [1.29, 1.82) is 0 Å². The maximum Gasteiger partial charge on any atom is 0.230 e. The van der Waals surface area contributed by atoms with Gasteiger partial charge in [0, 0.05) is 13.1 Å². The van der Waals surface area contributed by atoms with Crippen LogP contribution in [0, 0.1) is 0 Å². The van der Waals surface area contributed by atoms with Crippen LogP contribution in [0.5, 0.6) is 0 Å². The molecule has 0 radical (unpaired) electrons. The van der Waals surface area contributed by atoms with E-state index in [9.17, 15) is 4.79 Å². The van der Waals surface area contributed by atoms with Gasteiger partial charge in [-0.25, -0.2) is 0 Å². The highest BCUT2D eigenvalue weighted by Gasteiger charge is 2.40. The molecule has 1 amide bonds. The third-order valence-corrected chi connectivity index (χ3v) is 11.2. The molecule has 0 N–H and O–H groups in total. The second-order valence-electron chi connectivity index (χ2n) is 10.1. The molecule has 166 valence electrons. The average molecular weight is 436 g/mol. The normalized spacial score (nSPS) is 21.8. The van der Waals surface area contributed by atoms with Gasteiger partial charge < -0.3 is 9.33 Å². The first-order valence-corrected chi connectivity index (χ1v) is 14.3. The monoisotopic (exact) mass is 435 g/mol. The molecule has 4 heteroatoms. The minimum atomic E-state index is -1.94. The lowest BCUT2D eigenvalue weighted by Gasteiger charge is -2.40. The highest BCUT2D eigenvalue weighted by molar-refractivity contribution is 6.74. The van der Waals surface area contributed by atoms with Crippen molar-refractivity contribution in [3.63, 3.8) is 0 Å². The van der Waals surface area contributed by atoms with Crippen molar-refractivity contribution < 1.29 is 9.22 Å². The molecule has 0 aliphatic carbocycles. The van der Waals surface area contributed by atoms with Crippen molar-refractivity contribution in [2.24, 2.45) is 0 Å². The molecule has 2 atom stereocenters. The summed E-state index contributed by atoms with van der Waals surface area (Å²) in [5.74, 6) is 0.0261. The molecule has 2 aromatic carbocycles. The summed E-state index contributed by atoms with van der Waals surface area (Å²) in [6, 6.07) is 20.5. The van der Waals surface area contributed by atoms with E-state index in [1.54, 1.807) is 0 Å². The van der Waals surface area contributed by atoms with Gasteiger partial charge >= 0.3 is 0 Å². The zero-order chi connectivity index (χ0) is 22.5. The van der Waals surface area contributed by atoms with E-state index in [0.29, 0.717) is 13.1 Å². The van der Waals surface area contributed by atoms with Crippen LogP contribution in [0.25, 0.3) is 0 Å². The molecule has 3 nitrogen and oxygen atoms in total. The van der Waals surface area contributed by atoms with E-state index in [2.05, 4.69) is 70.3 Å². The van der Waals surface area contributed by atoms with Crippen LogP contribution in [0.4, 0.5) is 0 Å². The fourth-order valence-corrected chi connectivity index (χ4v) is 5.16. The second kappa shape index (κ2) is 9.97. The Morgan fingerprint density at radius 3 is 2.13 bits per heavy atom. The predicted octanol–water partition coefficient (Wildman–Crippen LogP) is 6.54. The molecule has 31 heavy (non-hydrogen) atoms. The number of carbonyl (C=O) groups is 1. The number of rotatable bonds is 5. The van der Waals surface area contributed by atoms with Gasteiger partial charge in [0.25, 0.3) is 0 Å². The molecule has 0 unspecified atom stereocenters. The molecule has 1 aliphatic heterocycles. The number of hydrogen-bond donors (Lipinski definition) is 0. The van der Waals surface area contributed by atoms with Crippen LogP contribution >= 0.6 is 0 Å². The minimum Gasteiger partial charge on any atom is -0.412 e. The lowest BCUT2D eigenvalue weighted by Crippen LogP contribution is -2.48. The first-order chi connectivity index (χ1) is 14.7.